The van der Waals surface area contributed by atoms with Gasteiger partial charge >= 0.3 is 0 Å². The van der Waals surface area contributed by atoms with Crippen LogP contribution in [0.5, 0.6) is 0 Å². The summed E-state index contributed by atoms with van der Waals surface area (Å²) < 4.78 is -1.12. The molecule has 0 fully saturated rings. The summed E-state index contributed by atoms with van der Waals surface area (Å²) >= 11 is 35.0. The summed E-state index contributed by atoms with van der Waals surface area (Å²) in [5, 5.41) is 0.928. The molecule has 1 aromatic carbocycles. The molecule has 0 aromatic heterocycles. The topological polar surface area (TPSA) is 0 Å². The van der Waals surface area contributed by atoms with Crippen molar-refractivity contribution in [2.75, 3.05) is 0 Å². The Bertz CT molecular complexity index is 371. The summed E-state index contributed by atoms with van der Waals surface area (Å²) in [5.74, 6) is 0. The van der Waals surface area contributed by atoms with Crippen LogP contribution in [0, 0.1) is 0 Å². The van der Waals surface area contributed by atoms with E-state index in [-0.39, 0.29) is 20.1 Å². The number of hydrogen-bond donors (Lipinski definition) is 0. The summed E-state index contributed by atoms with van der Waals surface area (Å²) in [6, 6.07) is 0. The molecule has 0 spiro atoms. The highest BCUT2D eigenvalue weighted by molar-refractivity contribution is 6.60. The third-order valence-corrected chi connectivity index (χ3v) is 4.39. The van der Waals surface area contributed by atoms with E-state index in [4.69, 9.17) is 69.6 Å². The molecular formula is C7Cl6. The van der Waals surface area contributed by atoms with Crippen molar-refractivity contribution in [1.82, 2.24) is 0 Å². The molecule has 0 amide bonds. The third-order valence-electron chi connectivity index (χ3n) is 1.83. The Kier molecular flexibility index (Phi) is 2.40. The maximum atomic E-state index is 5.87. The molecule has 0 bridgehead atoms. The summed E-state index contributed by atoms with van der Waals surface area (Å²) in [7, 11) is 0. The molecule has 0 unspecified atom stereocenters. The van der Waals surface area contributed by atoms with Crippen molar-refractivity contribution in [3.8, 4) is 0 Å². The van der Waals surface area contributed by atoms with Gasteiger partial charge in [0.05, 0.1) is 20.1 Å². The molecule has 1 aromatic rings. The van der Waals surface area contributed by atoms with Gasteiger partial charge in [-0.1, -0.05) is 69.6 Å². The van der Waals surface area contributed by atoms with Gasteiger partial charge in [0.2, 0.25) is 0 Å². The minimum Gasteiger partial charge on any atom is -0.0908 e. The Hall–Kier alpha value is 0.960. The van der Waals surface area contributed by atoms with E-state index < -0.39 is 4.33 Å². The molecule has 0 aliphatic heterocycles. The highest BCUT2D eigenvalue weighted by Gasteiger charge is 2.53. The van der Waals surface area contributed by atoms with Crippen LogP contribution in [-0.4, -0.2) is 0 Å². The molecule has 0 heterocycles. The van der Waals surface area contributed by atoms with Gasteiger partial charge in [-0.25, -0.2) is 0 Å². The fraction of sp³-hybridized carbons (Fsp3) is 0.143. The molecule has 0 atom stereocenters. The number of benzene rings is 1. The lowest BCUT2D eigenvalue weighted by atomic mass is 10.4. The fourth-order valence-corrected chi connectivity index (χ4v) is 3.13. The standard InChI is InChI=1S/C7Cl6/c8-3-1-2(7(1,12)13)4(9)6(11)5(3)10. The van der Waals surface area contributed by atoms with E-state index in [2.05, 4.69) is 0 Å². The molecule has 70 valence electrons. The maximum absolute atomic E-state index is 5.87. The first-order valence-electron chi connectivity index (χ1n) is 3.13. The lowest BCUT2D eigenvalue weighted by molar-refractivity contribution is 1.36. The zero-order valence-electron chi connectivity index (χ0n) is 5.77. The van der Waals surface area contributed by atoms with Crippen molar-refractivity contribution in [3.63, 3.8) is 0 Å². The predicted molar refractivity (Wildman–Crippen MR) is 59.0 cm³/mol. The van der Waals surface area contributed by atoms with Gasteiger partial charge in [-0.05, 0) is 0 Å². The molecule has 0 saturated carbocycles. The van der Waals surface area contributed by atoms with Crippen molar-refractivity contribution < 1.29 is 0 Å². The van der Waals surface area contributed by atoms with Gasteiger partial charge in [-0.2, -0.15) is 0 Å². The number of hydrogen-bond acceptors (Lipinski definition) is 0. The molecule has 6 heteroatoms. The maximum Gasteiger partial charge on any atom is 0.171 e. The normalized spacial score (nSPS) is 17.1. The smallest absolute Gasteiger partial charge is 0.0908 e. The van der Waals surface area contributed by atoms with E-state index in [9.17, 15) is 0 Å². The molecule has 1 aliphatic rings. The number of rotatable bonds is 0. The average Bonchev–Trinajstić information content (AvgIpc) is 2.62. The van der Waals surface area contributed by atoms with Crippen molar-refractivity contribution in [2.24, 2.45) is 0 Å². The van der Waals surface area contributed by atoms with Crippen LogP contribution in [0.4, 0.5) is 0 Å². The van der Waals surface area contributed by atoms with E-state index in [1.807, 2.05) is 0 Å². The van der Waals surface area contributed by atoms with E-state index in [0.717, 1.165) is 0 Å². The van der Waals surface area contributed by atoms with Gasteiger partial charge in [-0.15, -0.1) is 0 Å². The third kappa shape index (κ3) is 1.27. The Labute approximate surface area is 105 Å². The van der Waals surface area contributed by atoms with Gasteiger partial charge in [0, 0.05) is 11.1 Å². The van der Waals surface area contributed by atoms with Crippen LogP contribution in [0.1, 0.15) is 11.1 Å². The predicted octanol–water partition coefficient (Wildman–Crippen LogP) is 5.29. The van der Waals surface area contributed by atoms with E-state index >= 15 is 0 Å². The largest absolute Gasteiger partial charge is 0.171 e. The molecule has 13 heavy (non-hydrogen) atoms. The number of fused-ring (bicyclic) bond motifs is 1. The second kappa shape index (κ2) is 2.98. The van der Waals surface area contributed by atoms with Crippen LogP contribution in [0.3, 0.4) is 0 Å². The fourth-order valence-electron chi connectivity index (χ4n) is 1.14. The quantitative estimate of drug-likeness (QED) is 0.346. The summed E-state index contributed by atoms with van der Waals surface area (Å²) in [5.41, 5.74) is 1.11. The van der Waals surface area contributed by atoms with E-state index in [1.165, 1.54) is 0 Å². The van der Waals surface area contributed by atoms with E-state index in [0.29, 0.717) is 11.1 Å². The SMILES string of the molecule is Clc1c(Cl)c(Cl)c2c(c1Cl)C2(Cl)Cl. The highest BCUT2D eigenvalue weighted by atomic mass is 35.5. The molecule has 0 saturated heterocycles. The van der Waals surface area contributed by atoms with Gasteiger partial charge < -0.3 is 0 Å². The lowest BCUT2D eigenvalue weighted by Gasteiger charge is -1.97. The second-order valence-corrected chi connectivity index (χ2v) is 5.42. The highest BCUT2D eigenvalue weighted by Crippen LogP contribution is 2.65. The van der Waals surface area contributed by atoms with Gasteiger partial charge in [0.1, 0.15) is 0 Å². The lowest BCUT2D eigenvalue weighted by Crippen LogP contribution is -1.79. The zero-order chi connectivity index (χ0) is 9.96. The first-order chi connectivity index (χ1) is 5.89. The molecule has 1 aliphatic carbocycles. The Balaban J connectivity index is 2.79. The summed E-state index contributed by atoms with van der Waals surface area (Å²) in [4.78, 5) is 0. The molecular weight excluding hydrogens is 297 g/mol. The van der Waals surface area contributed by atoms with Crippen LogP contribution in [0.2, 0.25) is 20.1 Å². The van der Waals surface area contributed by atoms with Crippen LogP contribution < -0.4 is 0 Å². The zero-order valence-corrected chi connectivity index (χ0v) is 10.3. The minimum absolute atomic E-state index is 0.190. The van der Waals surface area contributed by atoms with Crippen LogP contribution in [-0.2, 0) is 4.33 Å². The number of halogens is 6. The van der Waals surface area contributed by atoms with E-state index in [1.54, 1.807) is 0 Å². The van der Waals surface area contributed by atoms with Crippen molar-refractivity contribution >= 4 is 69.6 Å². The molecule has 0 nitrogen and oxygen atoms in total. The molecule has 0 radical (unpaired) electrons. The van der Waals surface area contributed by atoms with Crippen LogP contribution >= 0.6 is 69.6 Å². The van der Waals surface area contributed by atoms with Gasteiger partial charge in [-0.3, -0.25) is 0 Å². The Morgan fingerprint density at radius 1 is 0.615 bits per heavy atom. The molecule has 0 N–H and O–H groups in total. The summed E-state index contributed by atoms with van der Waals surface area (Å²) in [6.45, 7) is 0. The second-order valence-electron chi connectivity index (χ2n) is 2.58. The van der Waals surface area contributed by atoms with Crippen molar-refractivity contribution in [3.05, 3.63) is 31.2 Å². The van der Waals surface area contributed by atoms with Crippen molar-refractivity contribution in [1.29, 1.82) is 0 Å². The Morgan fingerprint density at radius 3 is 1.23 bits per heavy atom. The van der Waals surface area contributed by atoms with Gasteiger partial charge in [0.15, 0.2) is 4.33 Å². The van der Waals surface area contributed by atoms with Crippen LogP contribution in [0.25, 0.3) is 0 Å². The van der Waals surface area contributed by atoms with Gasteiger partial charge in [0.25, 0.3) is 0 Å². The molecule has 2 rings (SSSR count). The van der Waals surface area contributed by atoms with Crippen LogP contribution in [0.15, 0.2) is 0 Å². The first kappa shape index (κ1) is 10.5. The number of alkyl halides is 2. The summed E-state index contributed by atoms with van der Waals surface area (Å²) in [6.07, 6.45) is 0. The Morgan fingerprint density at radius 2 is 0.923 bits per heavy atom. The van der Waals surface area contributed by atoms with Crippen molar-refractivity contribution in [2.45, 2.75) is 4.33 Å². The average molecular weight is 297 g/mol. The first-order valence-corrected chi connectivity index (χ1v) is 5.40. The minimum atomic E-state index is -1.12. The monoisotopic (exact) mass is 294 g/mol.